The first-order valence-corrected chi connectivity index (χ1v) is 5.86. The number of hydrogen-bond donors (Lipinski definition) is 4. The number of carboxylic acids is 1. The van der Waals surface area contributed by atoms with E-state index in [-0.39, 0.29) is 17.9 Å². The summed E-state index contributed by atoms with van der Waals surface area (Å²) in [4.78, 5) is 22.1. The Morgan fingerprint density at radius 2 is 2.00 bits per heavy atom. The van der Waals surface area contributed by atoms with Crippen LogP contribution in [0.5, 0.6) is 11.5 Å². The number of ether oxygens (including phenoxy) is 1. The molecule has 110 valence electrons. The number of aromatic hydroxyl groups is 1. The molecule has 7 heteroatoms. The van der Waals surface area contributed by atoms with Crippen molar-refractivity contribution in [3.8, 4) is 11.5 Å². The summed E-state index contributed by atoms with van der Waals surface area (Å²) < 4.78 is 4.83. The highest BCUT2D eigenvalue weighted by Crippen LogP contribution is 2.28. The number of nitrogens with two attached hydrogens (primary N) is 1. The fourth-order valence-electron chi connectivity index (χ4n) is 1.34. The fraction of sp³-hybridized carbons (Fsp3) is 0.385. The zero-order valence-electron chi connectivity index (χ0n) is 11.2. The maximum atomic E-state index is 11.5. The molecule has 0 bridgehead atoms. The van der Waals surface area contributed by atoms with Crippen LogP contribution in [-0.2, 0) is 16.0 Å². The standard InChI is InChI=1S/C13H17NO6/c1-13(2,19)12(18)20-10-4-3-7(6-9(10)15)5-8(14)11(16)17/h3-4,6,8,15,19H,5,14H2,1-2H3,(H,16,17)/t8-/m0/s1. The van der Waals surface area contributed by atoms with Gasteiger partial charge in [0.2, 0.25) is 0 Å². The van der Waals surface area contributed by atoms with Crippen LogP contribution in [0.1, 0.15) is 19.4 Å². The van der Waals surface area contributed by atoms with Gasteiger partial charge in [-0.2, -0.15) is 0 Å². The van der Waals surface area contributed by atoms with Crippen molar-refractivity contribution in [2.24, 2.45) is 5.73 Å². The van der Waals surface area contributed by atoms with Gasteiger partial charge in [-0.15, -0.1) is 0 Å². The molecule has 0 aliphatic carbocycles. The van der Waals surface area contributed by atoms with Crippen LogP contribution < -0.4 is 10.5 Å². The monoisotopic (exact) mass is 283 g/mol. The predicted octanol–water partition coefficient (Wildman–Crippen LogP) is 0.0229. The van der Waals surface area contributed by atoms with Gasteiger partial charge >= 0.3 is 11.9 Å². The van der Waals surface area contributed by atoms with E-state index in [1.807, 2.05) is 0 Å². The summed E-state index contributed by atoms with van der Waals surface area (Å²) in [6.45, 7) is 2.51. The van der Waals surface area contributed by atoms with Crippen LogP contribution in [0.3, 0.4) is 0 Å². The number of aliphatic hydroxyl groups is 1. The smallest absolute Gasteiger partial charge is 0.343 e. The van der Waals surface area contributed by atoms with E-state index in [2.05, 4.69) is 0 Å². The van der Waals surface area contributed by atoms with Crippen molar-refractivity contribution in [1.82, 2.24) is 0 Å². The molecule has 5 N–H and O–H groups in total. The van der Waals surface area contributed by atoms with E-state index in [0.717, 1.165) is 0 Å². The van der Waals surface area contributed by atoms with Gasteiger partial charge in [-0.05, 0) is 38.0 Å². The first-order chi connectivity index (χ1) is 9.11. The van der Waals surface area contributed by atoms with E-state index in [0.29, 0.717) is 5.56 Å². The highest BCUT2D eigenvalue weighted by Gasteiger charge is 2.27. The van der Waals surface area contributed by atoms with Crippen molar-refractivity contribution in [2.75, 3.05) is 0 Å². The van der Waals surface area contributed by atoms with Gasteiger partial charge in [-0.3, -0.25) is 4.79 Å². The largest absolute Gasteiger partial charge is 0.504 e. The Labute approximate surface area is 115 Å². The van der Waals surface area contributed by atoms with Gasteiger partial charge in [0.25, 0.3) is 0 Å². The Hall–Kier alpha value is -2.12. The average molecular weight is 283 g/mol. The normalized spacial score (nSPS) is 12.8. The summed E-state index contributed by atoms with van der Waals surface area (Å²) in [5.41, 5.74) is 4.18. The van der Waals surface area contributed by atoms with Crippen LogP contribution in [0.2, 0.25) is 0 Å². The number of benzene rings is 1. The van der Waals surface area contributed by atoms with Gasteiger partial charge in [0, 0.05) is 0 Å². The van der Waals surface area contributed by atoms with E-state index in [4.69, 9.17) is 15.6 Å². The first-order valence-electron chi connectivity index (χ1n) is 5.86. The fourth-order valence-corrected chi connectivity index (χ4v) is 1.34. The molecular weight excluding hydrogens is 266 g/mol. The molecule has 1 atom stereocenters. The van der Waals surface area contributed by atoms with Crippen LogP contribution in [0.15, 0.2) is 18.2 Å². The summed E-state index contributed by atoms with van der Waals surface area (Å²) in [6, 6.07) is 2.97. The summed E-state index contributed by atoms with van der Waals surface area (Å²) >= 11 is 0. The maximum absolute atomic E-state index is 11.5. The molecule has 7 nitrogen and oxygen atoms in total. The van der Waals surface area contributed by atoms with Gasteiger partial charge in [0.1, 0.15) is 6.04 Å². The van der Waals surface area contributed by atoms with Gasteiger partial charge in [-0.25, -0.2) is 4.79 Å². The number of esters is 1. The number of phenolic OH excluding ortho intramolecular Hbond substituents is 1. The van der Waals surface area contributed by atoms with Gasteiger partial charge in [0.05, 0.1) is 0 Å². The number of carbonyl (C=O) groups excluding carboxylic acids is 1. The van der Waals surface area contributed by atoms with Crippen molar-refractivity contribution in [1.29, 1.82) is 0 Å². The van der Waals surface area contributed by atoms with E-state index in [1.165, 1.54) is 32.0 Å². The SMILES string of the molecule is CC(C)(O)C(=O)Oc1ccc(C[C@H](N)C(=O)O)cc1O. The Balaban J connectivity index is 2.84. The molecule has 1 rings (SSSR count). The number of carboxylic acid groups (broad SMARTS) is 1. The van der Waals surface area contributed by atoms with Crippen molar-refractivity contribution >= 4 is 11.9 Å². The second kappa shape index (κ2) is 5.89. The summed E-state index contributed by atoms with van der Waals surface area (Å²) in [6.07, 6.45) is 0.0304. The quantitative estimate of drug-likeness (QED) is 0.442. The second-order valence-electron chi connectivity index (χ2n) is 4.90. The number of rotatable bonds is 5. The highest BCUT2D eigenvalue weighted by molar-refractivity contribution is 5.81. The number of carbonyl (C=O) groups is 2. The topological polar surface area (TPSA) is 130 Å². The van der Waals surface area contributed by atoms with Crippen molar-refractivity contribution in [3.05, 3.63) is 23.8 Å². The van der Waals surface area contributed by atoms with E-state index in [1.54, 1.807) is 0 Å². The predicted molar refractivity (Wildman–Crippen MR) is 69.4 cm³/mol. The lowest BCUT2D eigenvalue weighted by molar-refractivity contribution is -0.151. The van der Waals surface area contributed by atoms with Crippen LogP contribution in [0, 0.1) is 0 Å². The lowest BCUT2D eigenvalue weighted by atomic mass is 10.1. The third-order valence-electron chi connectivity index (χ3n) is 2.50. The molecule has 0 aliphatic rings. The molecule has 0 aliphatic heterocycles. The summed E-state index contributed by atoms with van der Waals surface area (Å²) in [5, 5.41) is 27.8. The van der Waals surface area contributed by atoms with E-state index < -0.39 is 23.6 Å². The van der Waals surface area contributed by atoms with E-state index >= 15 is 0 Å². The number of hydrogen-bond acceptors (Lipinski definition) is 6. The Morgan fingerprint density at radius 1 is 1.40 bits per heavy atom. The average Bonchev–Trinajstić information content (AvgIpc) is 2.31. The molecule has 0 unspecified atom stereocenters. The van der Waals surface area contributed by atoms with Crippen molar-refractivity contribution in [3.63, 3.8) is 0 Å². The Morgan fingerprint density at radius 3 is 2.45 bits per heavy atom. The Bertz CT molecular complexity index is 520. The molecule has 0 amide bonds. The van der Waals surface area contributed by atoms with E-state index in [9.17, 15) is 19.8 Å². The lowest BCUT2D eigenvalue weighted by Gasteiger charge is -2.16. The van der Waals surface area contributed by atoms with Gasteiger partial charge in [0.15, 0.2) is 17.1 Å². The third-order valence-corrected chi connectivity index (χ3v) is 2.50. The highest BCUT2D eigenvalue weighted by atomic mass is 16.6. The minimum absolute atomic E-state index is 0.0304. The minimum Gasteiger partial charge on any atom is -0.504 e. The first kappa shape index (κ1) is 15.9. The van der Waals surface area contributed by atoms with Crippen LogP contribution in [0.25, 0.3) is 0 Å². The molecule has 1 aromatic carbocycles. The summed E-state index contributed by atoms with van der Waals surface area (Å²) in [5.74, 6) is -2.52. The van der Waals surface area contributed by atoms with Crippen LogP contribution in [-0.4, -0.2) is 38.9 Å². The molecule has 0 saturated carbocycles. The molecular formula is C13H17NO6. The third kappa shape index (κ3) is 4.22. The van der Waals surface area contributed by atoms with Gasteiger partial charge < -0.3 is 25.8 Å². The Kier molecular flexibility index (Phi) is 4.69. The molecule has 0 radical (unpaired) electrons. The summed E-state index contributed by atoms with van der Waals surface area (Å²) in [7, 11) is 0. The molecule has 1 aromatic rings. The number of phenols is 1. The van der Waals surface area contributed by atoms with Crippen molar-refractivity contribution in [2.45, 2.75) is 31.9 Å². The molecule has 0 spiro atoms. The lowest BCUT2D eigenvalue weighted by Crippen LogP contribution is -2.35. The maximum Gasteiger partial charge on any atom is 0.343 e. The van der Waals surface area contributed by atoms with Crippen LogP contribution in [0.4, 0.5) is 0 Å². The zero-order chi connectivity index (χ0) is 15.5. The molecule has 20 heavy (non-hydrogen) atoms. The molecule has 0 aromatic heterocycles. The zero-order valence-corrected chi connectivity index (χ0v) is 11.2. The van der Waals surface area contributed by atoms with Crippen molar-refractivity contribution < 1.29 is 29.6 Å². The molecule has 0 fully saturated rings. The number of aliphatic carboxylic acids is 1. The van der Waals surface area contributed by atoms with Crippen LogP contribution >= 0.6 is 0 Å². The second-order valence-corrected chi connectivity index (χ2v) is 4.90. The molecule has 0 saturated heterocycles. The minimum atomic E-state index is -1.68. The molecule has 0 heterocycles. The van der Waals surface area contributed by atoms with Gasteiger partial charge in [-0.1, -0.05) is 6.07 Å².